The average Bonchev–Trinajstić information content (AvgIpc) is 2.29. The molecule has 0 heterocycles. The molecule has 1 rings (SSSR count). The molecule has 0 atom stereocenters. The highest BCUT2D eigenvalue weighted by Gasteiger charge is 2.23. The van der Waals surface area contributed by atoms with Crippen LogP contribution in [-0.4, -0.2) is 28.3 Å². The molecule has 0 aliphatic heterocycles. The zero-order valence-electron chi connectivity index (χ0n) is 11.5. The lowest BCUT2D eigenvalue weighted by atomic mass is 10.0. The zero-order chi connectivity index (χ0) is 15.2. The van der Waals surface area contributed by atoms with E-state index < -0.39 is 11.5 Å². The number of amides is 1. The Bertz CT molecular complexity index is 474. The molecule has 0 aliphatic rings. The van der Waals surface area contributed by atoms with Crippen LogP contribution < -0.4 is 5.32 Å². The molecule has 1 amide bonds. The fourth-order valence-corrected chi connectivity index (χ4v) is 2.63. The van der Waals surface area contributed by atoms with Crippen LogP contribution in [0.4, 0.5) is 0 Å². The summed E-state index contributed by atoms with van der Waals surface area (Å²) in [5.41, 5.74) is -0.728. The first kappa shape index (κ1) is 16.9. The number of nitrogens with one attached hydrogen (secondary N) is 1. The van der Waals surface area contributed by atoms with E-state index in [0.717, 1.165) is 4.90 Å². The number of carboxylic acid groups (broad SMARTS) is 1. The maximum absolute atomic E-state index is 11.7. The van der Waals surface area contributed by atoms with Gasteiger partial charge >= 0.3 is 5.97 Å². The maximum atomic E-state index is 11.7. The number of thioether (sulfide) groups is 1. The van der Waals surface area contributed by atoms with Gasteiger partial charge in [-0.25, -0.2) is 0 Å². The normalized spacial score (nSPS) is 11.2. The Balaban J connectivity index is 2.33. The van der Waals surface area contributed by atoms with Gasteiger partial charge in [-0.05, 0) is 38.1 Å². The Kier molecular flexibility index (Phi) is 6.36. The standard InChI is InChI=1S/C14H18ClNO3S/c1-14(2,9-13(18)19)16-12(17)7-8-20-11-5-3-10(15)4-6-11/h3-6H,7-9H2,1-2H3,(H,16,17)(H,18,19). The Morgan fingerprint density at radius 1 is 1.30 bits per heavy atom. The minimum Gasteiger partial charge on any atom is -0.481 e. The van der Waals surface area contributed by atoms with E-state index in [0.29, 0.717) is 17.2 Å². The summed E-state index contributed by atoms with van der Waals surface area (Å²) in [6.45, 7) is 3.40. The molecule has 20 heavy (non-hydrogen) atoms. The lowest BCUT2D eigenvalue weighted by Gasteiger charge is -2.24. The van der Waals surface area contributed by atoms with Gasteiger partial charge in [-0.2, -0.15) is 0 Å². The molecule has 6 heteroatoms. The molecule has 0 saturated heterocycles. The van der Waals surface area contributed by atoms with E-state index in [1.54, 1.807) is 37.7 Å². The minimum atomic E-state index is -0.925. The van der Waals surface area contributed by atoms with E-state index in [4.69, 9.17) is 16.7 Å². The second-order valence-corrected chi connectivity index (χ2v) is 6.66. The van der Waals surface area contributed by atoms with Crippen LogP contribution in [-0.2, 0) is 9.59 Å². The molecule has 1 aromatic rings. The van der Waals surface area contributed by atoms with Crippen molar-refractivity contribution in [3.8, 4) is 0 Å². The van der Waals surface area contributed by atoms with Gasteiger partial charge in [0.25, 0.3) is 0 Å². The number of aliphatic carboxylic acids is 1. The second kappa shape index (κ2) is 7.55. The van der Waals surface area contributed by atoms with Crippen molar-refractivity contribution in [2.24, 2.45) is 0 Å². The molecule has 0 radical (unpaired) electrons. The van der Waals surface area contributed by atoms with Crippen molar-refractivity contribution in [2.75, 3.05) is 5.75 Å². The van der Waals surface area contributed by atoms with Crippen LogP contribution in [0.25, 0.3) is 0 Å². The number of rotatable bonds is 7. The van der Waals surface area contributed by atoms with Crippen molar-refractivity contribution in [1.82, 2.24) is 5.32 Å². The Labute approximate surface area is 127 Å². The lowest BCUT2D eigenvalue weighted by molar-refractivity contribution is -0.138. The first-order valence-corrected chi connectivity index (χ1v) is 7.56. The van der Waals surface area contributed by atoms with E-state index in [2.05, 4.69) is 5.32 Å². The number of hydrogen-bond donors (Lipinski definition) is 2. The molecule has 4 nitrogen and oxygen atoms in total. The highest BCUT2D eigenvalue weighted by molar-refractivity contribution is 7.99. The summed E-state index contributed by atoms with van der Waals surface area (Å²) in [5, 5.41) is 12.2. The summed E-state index contributed by atoms with van der Waals surface area (Å²) in [6, 6.07) is 7.42. The van der Waals surface area contributed by atoms with Crippen molar-refractivity contribution in [1.29, 1.82) is 0 Å². The van der Waals surface area contributed by atoms with E-state index in [-0.39, 0.29) is 12.3 Å². The van der Waals surface area contributed by atoms with Gasteiger partial charge in [0.2, 0.25) is 5.91 Å². The van der Waals surface area contributed by atoms with Crippen LogP contribution in [0.15, 0.2) is 29.2 Å². The van der Waals surface area contributed by atoms with Crippen molar-refractivity contribution in [2.45, 2.75) is 37.1 Å². The lowest BCUT2D eigenvalue weighted by Crippen LogP contribution is -2.45. The zero-order valence-corrected chi connectivity index (χ0v) is 13.1. The molecule has 0 unspecified atom stereocenters. The molecule has 0 aromatic heterocycles. The monoisotopic (exact) mass is 315 g/mol. The van der Waals surface area contributed by atoms with Gasteiger partial charge in [-0.1, -0.05) is 11.6 Å². The van der Waals surface area contributed by atoms with Gasteiger partial charge in [-0.3, -0.25) is 9.59 Å². The van der Waals surface area contributed by atoms with E-state index in [9.17, 15) is 9.59 Å². The Morgan fingerprint density at radius 2 is 1.90 bits per heavy atom. The van der Waals surface area contributed by atoms with Crippen molar-refractivity contribution >= 4 is 35.2 Å². The van der Waals surface area contributed by atoms with Gasteiger partial charge in [0, 0.05) is 27.6 Å². The van der Waals surface area contributed by atoms with Gasteiger partial charge in [0.15, 0.2) is 0 Å². The van der Waals surface area contributed by atoms with Crippen molar-refractivity contribution in [3.63, 3.8) is 0 Å². The molecule has 0 aliphatic carbocycles. The SMILES string of the molecule is CC(C)(CC(=O)O)NC(=O)CCSc1ccc(Cl)cc1. The Morgan fingerprint density at radius 3 is 2.45 bits per heavy atom. The summed E-state index contributed by atoms with van der Waals surface area (Å²) in [4.78, 5) is 23.5. The molecule has 1 aromatic carbocycles. The highest BCUT2D eigenvalue weighted by atomic mass is 35.5. The molecule has 0 fully saturated rings. The third kappa shape index (κ3) is 6.82. The van der Waals surface area contributed by atoms with Gasteiger partial charge in [0.1, 0.15) is 0 Å². The Hall–Kier alpha value is -1.20. The first-order valence-electron chi connectivity index (χ1n) is 6.20. The van der Waals surface area contributed by atoms with Crippen LogP contribution in [0.5, 0.6) is 0 Å². The summed E-state index contributed by atoms with van der Waals surface area (Å²) >= 11 is 7.35. The molecule has 0 bridgehead atoms. The van der Waals surface area contributed by atoms with E-state index >= 15 is 0 Å². The molecule has 0 spiro atoms. The molecular weight excluding hydrogens is 298 g/mol. The largest absolute Gasteiger partial charge is 0.481 e. The number of carbonyl (C=O) groups excluding carboxylic acids is 1. The van der Waals surface area contributed by atoms with E-state index in [1.165, 1.54) is 0 Å². The number of halogens is 1. The quantitative estimate of drug-likeness (QED) is 0.758. The third-order valence-corrected chi connectivity index (χ3v) is 3.75. The average molecular weight is 316 g/mol. The van der Waals surface area contributed by atoms with Crippen LogP contribution >= 0.6 is 23.4 Å². The van der Waals surface area contributed by atoms with E-state index in [1.807, 2.05) is 12.1 Å². The van der Waals surface area contributed by atoms with Gasteiger partial charge < -0.3 is 10.4 Å². The van der Waals surface area contributed by atoms with Crippen molar-refractivity contribution in [3.05, 3.63) is 29.3 Å². The van der Waals surface area contributed by atoms with Crippen LogP contribution in [0.2, 0.25) is 5.02 Å². The number of benzene rings is 1. The number of hydrogen-bond acceptors (Lipinski definition) is 3. The summed E-state index contributed by atoms with van der Waals surface area (Å²) in [6.07, 6.45) is 0.249. The molecule has 110 valence electrons. The summed E-state index contributed by atoms with van der Waals surface area (Å²) in [7, 11) is 0. The molecule has 2 N–H and O–H groups in total. The fourth-order valence-electron chi connectivity index (χ4n) is 1.65. The highest BCUT2D eigenvalue weighted by Crippen LogP contribution is 2.21. The van der Waals surface area contributed by atoms with Crippen LogP contribution in [0.3, 0.4) is 0 Å². The molecule has 0 saturated carbocycles. The van der Waals surface area contributed by atoms with Gasteiger partial charge in [-0.15, -0.1) is 11.8 Å². The van der Waals surface area contributed by atoms with Gasteiger partial charge in [0.05, 0.1) is 6.42 Å². The maximum Gasteiger partial charge on any atom is 0.305 e. The predicted octanol–water partition coefficient (Wildman–Crippen LogP) is 3.19. The fraction of sp³-hybridized carbons (Fsp3) is 0.429. The minimum absolute atomic E-state index is 0.0942. The number of carbonyl (C=O) groups is 2. The topological polar surface area (TPSA) is 66.4 Å². The van der Waals surface area contributed by atoms with Crippen LogP contribution in [0.1, 0.15) is 26.7 Å². The van der Waals surface area contributed by atoms with Crippen molar-refractivity contribution < 1.29 is 14.7 Å². The van der Waals surface area contributed by atoms with Crippen LogP contribution in [0, 0.1) is 0 Å². The summed E-state index contributed by atoms with van der Waals surface area (Å²) in [5.74, 6) is -0.431. The molecular formula is C14H18ClNO3S. The number of carboxylic acids is 1. The second-order valence-electron chi connectivity index (χ2n) is 5.05. The summed E-state index contributed by atoms with van der Waals surface area (Å²) < 4.78 is 0. The first-order chi connectivity index (χ1) is 9.28. The third-order valence-electron chi connectivity index (χ3n) is 2.48. The predicted molar refractivity (Wildman–Crippen MR) is 81.3 cm³/mol. The smallest absolute Gasteiger partial charge is 0.305 e.